The Morgan fingerprint density at radius 1 is 1.13 bits per heavy atom. The average Bonchev–Trinajstić information content (AvgIpc) is 2.50. The number of nitrogens with zero attached hydrogens (tertiary/aromatic N) is 1. The molecule has 0 aromatic carbocycles. The maximum Gasteiger partial charge on any atom is 0.138 e. The van der Waals surface area contributed by atoms with Gasteiger partial charge in [0.2, 0.25) is 0 Å². The molecule has 1 saturated carbocycles. The molecule has 3 heteroatoms. The molecule has 0 aliphatic heterocycles. The van der Waals surface area contributed by atoms with Crippen LogP contribution in [0.15, 0.2) is 18.3 Å². The molecule has 0 bridgehead atoms. The molecule has 3 nitrogen and oxygen atoms in total. The van der Waals surface area contributed by atoms with Crippen LogP contribution in [0.2, 0.25) is 0 Å². The van der Waals surface area contributed by atoms with E-state index in [0.717, 1.165) is 5.75 Å². The summed E-state index contributed by atoms with van der Waals surface area (Å²) >= 11 is 0. The zero-order valence-electron chi connectivity index (χ0n) is 8.98. The third kappa shape index (κ3) is 3.11. The molecule has 1 fully saturated rings. The number of hydrogen-bond donors (Lipinski definition) is 1. The quantitative estimate of drug-likeness (QED) is 0.757. The fourth-order valence-corrected chi connectivity index (χ4v) is 2.01. The molecule has 0 spiro atoms. The van der Waals surface area contributed by atoms with E-state index in [1.54, 1.807) is 12.3 Å². The first-order chi connectivity index (χ1) is 7.34. The van der Waals surface area contributed by atoms with Crippen LogP contribution in [0.25, 0.3) is 0 Å². The smallest absolute Gasteiger partial charge is 0.138 e. The van der Waals surface area contributed by atoms with Crippen molar-refractivity contribution in [1.82, 2.24) is 4.98 Å². The van der Waals surface area contributed by atoms with E-state index in [9.17, 15) is 0 Å². The number of pyridine rings is 1. The number of nitrogen functional groups attached to an aromatic ring is 1. The van der Waals surface area contributed by atoms with Gasteiger partial charge in [0.05, 0.1) is 12.3 Å². The molecule has 82 valence electrons. The molecule has 1 aromatic heterocycles. The Morgan fingerprint density at radius 3 is 2.47 bits per heavy atom. The summed E-state index contributed by atoms with van der Waals surface area (Å²) in [4.78, 5) is 4.02. The highest BCUT2D eigenvalue weighted by Crippen LogP contribution is 2.22. The van der Waals surface area contributed by atoms with Gasteiger partial charge in [-0.25, -0.2) is 4.98 Å². The number of nitrogens with two attached hydrogens (primary N) is 1. The highest BCUT2D eigenvalue weighted by Gasteiger charge is 2.13. The maximum absolute atomic E-state index is 5.87. The van der Waals surface area contributed by atoms with Crippen molar-refractivity contribution in [2.75, 3.05) is 5.73 Å². The molecule has 1 aromatic rings. The Hall–Kier alpha value is -1.25. The fourth-order valence-electron chi connectivity index (χ4n) is 2.01. The Kier molecular flexibility index (Phi) is 3.43. The third-order valence-corrected chi connectivity index (χ3v) is 2.86. The monoisotopic (exact) mass is 206 g/mol. The van der Waals surface area contributed by atoms with Gasteiger partial charge in [-0.05, 0) is 37.8 Å². The Bertz CT molecular complexity index is 289. The molecule has 2 N–H and O–H groups in total. The van der Waals surface area contributed by atoms with Crippen LogP contribution in [-0.2, 0) is 0 Å². The first-order valence-corrected chi connectivity index (χ1v) is 5.73. The highest BCUT2D eigenvalue weighted by atomic mass is 16.5. The molecule has 1 aliphatic carbocycles. The van der Waals surface area contributed by atoms with Crippen molar-refractivity contribution in [1.29, 1.82) is 0 Å². The van der Waals surface area contributed by atoms with E-state index in [4.69, 9.17) is 10.5 Å². The highest BCUT2D eigenvalue weighted by molar-refractivity contribution is 5.32. The van der Waals surface area contributed by atoms with E-state index in [2.05, 4.69) is 4.98 Å². The van der Waals surface area contributed by atoms with E-state index in [0.29, 0.717) is 11.9 Å². The van der Waals surface area contributed by atoms with Gasteiger partial charge in [-0.15, -0.1) is 0 Å². The lowest BCUT2D eigenvalue weighted by atomic mass is 10.1. The maximum atomic E-state index is 5.87. The zero-order valence-corrected chi connectivity index (χ0v) is 8.98. The third-order valence-electron chi connectivity index (χ3n) is 2.86. The summed E-state index contributed by atoms with van der Waals surface area (Å²) in [5, 5.41) is 0. The van der Waals surface area contributed by atoms with Crippen molar-refractivity contribution in [3.8, 4) is 5.75 Å². The van der Waals surface area contributed by atoms with Crippen LogP contribution in [-0.4, -0.2) is 11.1 Å². The molecule has 0 atom stereocenters. The predicted octanol–water partition coefficient (Wildman–Crippen LogP) is 2.77. The molecular formula is C12H18N2O. The van der Waals surface area contributed by atoms with Gasteiger partial charge in [0.25, 0.3) is 0 Å². The fraction of sp³-hybridized carbons (Fsp3) is 0.583. The molecule has 0 saturated heterocycles. The number of aromatic nitrogens is 1. The lowest BCUT2D eigenvalue weighted by Gasteiger charge is -2.16. The van der Waals surface area contributed by atoms with Crippen LogP contribution in [0.4, 0.5) is 5.82 Å². The van der Waals surface area contributed by atoms with Crippen LogP contribution in [0, 0.1) is 0 Å². The van der Waals surface area contributed by atoms with Gasteiger partial charge in [0.15, 0.2) is 0 Å². The Morgan fingerprint density at radius 2 is 1.87 bits per heavy atom. The van der Waals surface area contributed by atoms with Crippen molar-refractivity contribution < 1.29 is 4.74 Å². The van der Waals surface area contributed by atoms with Crippen molar-refractivity contribution >= 4 is 5.82 Å². The first kappa shape index (κ1) is 10.3. The van der Waals surface area contributed by atoms with Crippen LogP contribution >= 0.6 is 0 Å². The van der Waals surface area contributed by atoms with Crippen LogP contribution in [0.3, 0.4) is 0 Å². The Balaban J connectivity index is 1.92. The summed E-state index contributed by atoms with van der Waals surface area (Å²) < 4.78 is 5.87. The number of ether oxygens (including phenoxy) is 1. The average molecular weight is 206 g/mol. The summed E-state index contributed by atoms with van der Waals surface area (Å²) in [5.41, 5.74) is 5.52. The first-order valence-electron chi connectivity index (χ1n) is 5.73. The largest absolute Gasteiger partial charge is 0.489 e. The molecular weight excluding hydrogens is 188 g/mol. The number of hydrogen-bond acceptors (Lipinski definition) is 3. The molecule has 1 heterocycles. The summed E-state index contributed by atoms with van der Waals surface area (Å²) in [5.74, 6) is 1.39. The van der Waals surface area contributed by atoms with E-state index in [-0.39, 0.29) is 0 Å². The zero-order chi connectivity index (χ0) is 10.5. The minimum absolute atomic E-state index is 0.373. The van der Waals surface area contributed by atoms with Crippen molar-refractivity contribution in [2.45, 2.75) is 44.6 Å². The predicted molar refractivity (Wildman–Crippen MR) is 60.8 cm³/mol. The number of anilines is 1. The van der Waals surface area contributed by atoms with Gasteiger partial charge in [-0.3, -0.25) is 0 Å². The molecule has 15 heavy (non-hydrogen) atoms. The number of rotatable bonds is 2. The van der Waals surface area contributed by atoms with Crippen molar-refractivity contribution in [3.05, 3.63) is 18.3 Å². The topological polar surface area (TPSA) is 48.1 Å². The van der Waals surface area contributed by atoms with E-state index in [1.165, 1.54) is 38.5 Å². The van der Waals surface area contributed by atoms with Gasteiger partial charge < -0.3 is 10.5 Å². The van der Waals surface area contributed by atoms with Crippen molar-refractivity contribution in [3.63, 3.8) is 0 Å². The van der Waals surface area contributed by atoms with E-state index < -0.39 is 0 Å². The second-order valence-electron chi connectivity index (χ2n) is 4.15. The molecule has 0 radical (unpaired) electrons. The standard InChI is InChI=1S/C12H18N2O/c13-12-8-7-11(9-14-12)15-10-5-3-1-2-4-6-10/h7-10H,1-6H2,(H2,13,14). The minimum atomic E-state index is 0.373. The van der Waals surface area contributed by atoms with Gasteiger partial charge in [-0.2, -0.15) is 0 Å². The summed E-state index contributed by atoms with van der Waals surface area (Å²) in [7, 11) is 0. The summed E-state index contributed by atoms with van der Waals surface area (Å²) in [6.45, 7) is 0. The van der Waals surface area contributed by atoms with E-state index in [1.807, 2.05) is 6.07 Å². The second-order valence-corrected chi connectivity index (χ2v) is 4.15. The van der Waals surface area contributed by atoms with Gasteiger partial charge in [-0.1, -0.05) is 12.8 Å². The summed E-state index contributed by atoms with van der Waals surface area (Å²) in [6.07, 6.45) is 9.69. The van der Waals surface area contributed by atoms with Gasteiger partial charge in [0, 0.05) is 0 Å². The van der Waals surface area contributed by atoms with Crippen molar-refractivity contribution in [2.24, 2.45) is 0 Å². The molecule has 0 amide bonds. The molecule has 0 unspecified atom stereocenters. The van der Waals surface area contributed by atoms with Gasteiger partial charge in [0.1, 0.15) is 11.6 Å². The van der Waals surface area contributed by atoms with Crippen LogP contribution in [0.1, 0.15) is 38.5 Å². The normalized spacial score (nSPS) is 18.4. The lowest BCUT2D eigenvalue weighted by molar-refractivity contribution is 0.183. The van der Waals surface area contributed by atoms with Gasteiger partial charge >= 0.3 is 0 Å². The summed E-state index contributed by atoms with van der Waals surface area (Å²) in [6, 6.07) is 3.68. The SMILES string of the molecule is Nc1ccc(OC2CCCCCC2)cn1. The minimum Gasteiger partial charge on any atom is -0.489 e. The van der Waals surface area contributed by atoms with E-state index >= 15 is 0 Å². The molecule has 2 rings (SSSR count). The Labute approximate surface area is 90.7 Å². The van der Waals surface area contributed by atoms with Crippen LogP contribution < -0.4 is 10.5 Å². The van der Waals surface area contributed by atoms with Crippen LogP contribution in [0.5, 0.6) is 5.75 Å². The second kappa shape index (κ2) is 5.01. The lowest BCUT2D eigenvalue weighted by Crippen LogP contribution is -2.15. The molecule has 1 aliphatic rings.